The van der Waals surface area contributed by atoms with E-state index in [1.165, 1.54) is 17.8 Å². The Hall–Kier alpha value is -3.52. The smallest absolute Gasteiger partial charge is 0.277 e. The fraction of sp³-hybridized carbons (Fsp3) is 0.200. The van der Waals surface area contributed by atoms with Gasteiger partial charge in [-0.3, -0.25) is 4.79 Å². The van der Waals surface area contributed by atoms with Gasteiger partial charge in [0.05, 0.1) is 22.1 Å². The van der Waals surface area contributed by atoms with Crippen molar-refractivity contribution in [3.05, 3.63) is 80.8 Å². The number of carbonyl (C=O) groups excluding carboxylic acids is 1. The normalized spacial score (nSPS) is 11.3. The van der Waals surface area contributed by atoms with Gasteiger partial charge in [0.1, 0.15) is 11.5 Å². The molecule has 0 aliphatic carbocycles. The minimum atomic E-state index is -0.428. The molecule has 0 fully saturated rings. The second-order valence-electron chi connectivity index (χ2n) is 7.69. The van der Waals surface area contributed by atoms with Crippen molar-refractivity contribution in [2.75, 3.05) is 6.61 Å². The summed E-state index contributed by atoms with van der Waals surface area (Å²) in [5.41, 5.74) is 8.41. The number of phenols is 1. The quantitative estimate of drug-likeness (QED) is 0.221. The first-order valence-corrected chi connectivity index (χ1v) is 11.1. The number of aromatic hydroxyl groups is 1. The van der Waals surface area contributed by atoms with Crippen LogP contribution in [0.15, 0.2) is 68.3 Å². The number of rotatable bonds is 7. The Kier molecular flexibility index (Phi) is 7.95. The van der Waals surface area contributed by atoms with Gasteiger partial charge >= 0.3 is 0 Å². The van der Waals surface area contributed by atoms with Crippen LogP contribution in [-0.2, 0) is 4.79 Å². The van der Waals surface area contributed by atoms with Crippen LogP contribution in [0.4, 0.5) is 11.4 Å². The molecule has 0 radical (unpaired) electrons. The van der Waals surface area contributed by atoms with Crippen LogP contribution in [0.1, 0.15) is 27.8 Å². The number of halogens is 1. The molecule has 8 heteroatoms. The number of nitrogens with zero attached hydrogens (tertiary/aromatic N) is 3. The molecule has 170 valence electrons. The predicted octanol–water partition coefficient (Wildman–Crippen LogP) is 6.33. The average molecular weight is 509 g/mol. The van der Waals surface area contributed by atoms with E-state index in [0.29, 0.717) is 17.0 Å². The molecule has 0 aromatic heterocycles. The Balaban J connectivity index is 1.61. The van der Waals surface area contributed by atoms with Gasteiger partial charge in [-0.2, -0.15) is 15.3 Å². The van der Waals surface area contributed by atoms with Crippen molar-refractivity contribution in [3.8, 4) is 11.5 Å². The molecule has 0 heterocycles. The zero-order chi connectivity index (χ0) is 24.0. The molecule has 0 aliphatic rings. The van der Waals surface area contributed by atoms with Gasteiger partial charge in [0, 0.05) is 5.56 Å². The zero-order valence-electron chi connectivity index (χ0n) is 18.9. The molecule has 0 saturated heterocycles. The van der Waals surface area contributed by atoms with E-state index >= 15 is 0 Å². The fourth-order valence-electron chi connectivity index (χ4n) is 3.04. The van der Waals surface area contributed by atoms with Crippen LogP contribution < -0.4 is 10.2 Å². The standard InChI is InChI=1S/C25H25BrN4O3/c1-15-9-18(4)25(22(26)10-15)33-14-24(32)30-27-13-19-12-21(7-8-23(19)31)29-28-20-6-5-16(2)17(3)11-20/h5-13,31H,14H2,1-4H3,(H,30,32). The minimum absolute atomic E-state index is 0.00795. The number of azo groups is 1. The number of carbonyl (C=O) groups is 1. The maximum absolute atomic E-state index is 12.1. The van der Waals surface area contributed by atoms with E-state index in [2.05, 4.69) is 36.7 Å². The number of hydrogen-bond acceptors (Lipinski definition) is 6. The van der Waals surface area contributed by atoms with Crippen molar-refractivity contribution >= 4 is 39.4 Å². The van der Waals surface area contributed by atoms with Crippen LogP contribution in [0, 0.1) is 27.7 Å². The van der Waals surface area contributed by atoms with Crippen molar-refractivity contribution in [2.45, 2.75) is 27.7 Å². The highest BCUT2D eigenvalue weighted by atomic mass is 79.9. The Morgan fingerprint density at radius 3 is 2.36 bits per heavy atom. The number of benzene rings is 3. The predicted molar refractivity (Wildman–Crippen MR) is 133 cm³/mol. The van der Waals surface area contributed by atoms with Crippen molar-refractivity contribution in [1.82, 2.24) is 5.43 Å². The maximum atomic E-state index is 12.1. The van der Waals surface area contributed by atoms with Crippen molar-refractivity contribution in [1.29, 1.82) is 0 Å². The van der Waals surface area contributed by atoms with Gasteiger partial charge < -0.3 is 9.84 Å². The van der Waals surface area contributed by atoms with Gasteiger partial charge in [0.15, 0.2) is 6.61 Å². The van der Waals surface area contributed by atoms with E-state index in [-0.39, 0.29) is 12.4 Å². The summed E-state index contributed by atoms with van der Waals surface area (Å²) in [6, 6.07) is 14.5. The van der Waals surface area contributed by atoms with Gasteiger partial charge in [-0.05, 0) is 102 Å². The SMILES string of the molecule is Cc1cc(C)c(OCC(=O)NN=Cc2cc(N=Nc3ccc(C)c(C)c3)ccc2O)c(Br)c1. The third-order valence-electron chi connectivity index (χ3n) is 4.90. The molecule has 0 unspecified atom stereocenters. The van der Waals surface area contributed by atoms with E-state index < -0.39 is 5.91 Å². The van der Waals surface area contributed by atoms with Crippen LogP contribution in [0.3, 0.4) is 0 Å². The van der Waals surface area contributed by atoms with Gasteiger partial charge in [-0.1, -0.05) is 12.1 Å². The molecule has 0 bridgehead atoms. The summed E-state index contributed by atoms with van der Waals surface area (Å²) >= 11 is 3.45. The first-order chi connectivity index (χ1) is 15.7. The molecule has 0 atom stereocenters. The second kappa shape index (κ2) is 10.9. The van der Waals surface area contributed by atoms with Crippen LogP contribution in [0.2, 0.25) is 0 Å². The average Bonchev–Trinajstić information content (AvgIpc) is 2.75. The Bertz CT molecular complexity index is 1220. The van der Waals surface area contributed by atoms with Gasteiger partial charge in [-0.15, -0.1) is 0 Å². The number of amides is 1. The number of nitrogens with one attached hydrogen (secondary N) is 1. The summed E-state index contributed by atoms with van der Waals surface area (Å²) < 4.78 is 6.40. The molecule has 0 spiro atoms. The fourth-order valence-corrected chi connectivity index (χ4v) is 3.83. The summed E-state index contributed by atoms with van der Waals surface area (Å²) in [6.07, 6.45) is 1.34. The summed E-state index contributed by atoms with van der Waals surface area (Å²) in [4.78, 5) is 12.1. The molecule has 7 nitrogen and oxygen atoms in total. The summed E-state index contributed by atoms with van der Waals surface area (Å²) in [7, 11) is 0. The third kappa shape index (κ3) is 6.73. The van der Waals surface area contributed by atoms with Gasteiger partial charge in [0.25, 0.3) is 5.91 Å². The molecular formula is C25H25BrN4O3. The molecule has 0 saturated carbocycles. The number of phenolic OH excluding ortho intramolecular Hbond substituents is 1. The topological polar surface area (TPSA) is 95.6 Å². The second-order valence-corrected chi connectivity index (χ2v) is 8.54. The lowest BCUT2D eigenvalue weighted by atomic mass is 10.1. The van der Waals surface area contributed by atoms with Crippen LogP contribution >= 0.6 is 15.9 Å². The largest absolute Gasteiger partial charge is 0.507 e. The monoisotopic (exact) mass is 508 g/mol. The lowest BCUT2D eigenvalue weighted by Gasteiger charge is -2.11. The lowest BCUT2D eigenvalue weighted by Crippen LogP contribution is -2.24. The van der Waals surface area contributed by atoms with E-state index in [4.69, 9.17) is 4.74 Å². The molecule has 33 heavy (non-hydrogen) atoms. The van der Waals surface area contributed by atoms with Crippen molar-refractivity contribution < 1.29 is 14.6 Å². The van der Waals surface area contributed by atoms with Gasteiger partial charge in [0.2, 0.25) is 0 Å². The molecular weight excluding hydrogens is 484 g/mol. The summed E-state index contributed by atoms with van der Waals surface area (Å²) in [5.74, 6) is 0.191. The van der Waals surface area contributed by atoms with E-state index in [9.17, 15) is 9.90 Å². The minimum Gasteiger partial charge on any atom is -0.507 e. The zero-order valence-corrected chi connectivity index (χ0v) is 20.5. The molecule has 2 N–H and O–H groups in total. The molecule has 0 aliphatic heterocycles. The number of aryl methyl sites for hydroxylation is 4. The first-order valence-electron chi connectivity index (χ1n) is 10.3. The number of ether oxygens (including phenoxy) is 1. The highest BCUT2D eigenvalue weighted by Crippen LogP contribution is 2.30. The summed E-state index contributed by atoms with van der Waals surface area (Å²) in [6.45, 7) is 7.75. The van der Waals surface area contributed by atoms with Crippen molar-refractivity contribution in [3.63, 3.8) is 0 Å². The summed E-state index contributed by atoms with van der Waals surface area (Å²) in [5, 5.41) is 22.4. The Morgan fingerprint density at radius 2 is 1.67 bits per heavy atom. The third-order valence-corrected chi connectivity index (χ3v) is 5.49. The highest BCUT2D eigenvalue weighted by molar-refractivity contribution is 9.10. The molecule has 3 aromatic carbocycles. The van der Waals surface area contributed by atoms with E-state index in [0.717, 1.165) is 26.9 Å². The maximum Gasteiger partial charge on any atom is 0.277 e. The first kappa shape index (κ1) is 24.1. The van der Waals surface area contributed by atoms with Crippen LogP contribution in [0.25, 0.3) is 0 Å². The van der Waals surface area contributed by atoms with Gasteiger partial charge in [-0.25, -0.2) is 5.43 Å². The van der Waals surface area contributed by atoms with E-state index in [1.54, 1.807) is 12.1 Å². The lowest BCUT2D eigenvalue weighted by molar-refractivity contribution is -0.123. The number of hydrogen-bond donors (Lipinski definition) is 2. The Labute approximate surface area is 201 Å². The highest BCUT2D eigenvalue weighted by Gasteiger charge is 2.09. The molecule has 1 amide bonds. The molecule has 3 rings (SSSR count). The Morgan fingerprint density at radius 1 is 0.970 bits per heavy atom. The van der Waals surface area contributed by atoms with Crippen LogP contribution in [0.5, 0.6) is 11.5 Å². The van der Waals surface area contributed by atoms with Crippen molar-refractivity contribution in [2.24, 2.45) is 15.3 Å². The van der Waals surface area contributed by atoms with E-state index in [1.807, 2.05) is 58.0 Å². The van der Waals surface area contributed by atoms with Crippen LogP contribution in [-0.4, -0.2) is 23.8 Å². The number of hydrazone groups is 1. The molecule has 3 aromatic rings.